The van der Waals surface area contributed by atoms with E-state index in [1.165, 1.54) is 0 Å². The summed E-state index contributed by atoms with van der Waals surface area (Å²) >= 11 is 0. The van der Waals surface area contributed by atoms with Crippen molar-refractivity contribution in [2.75, 3.05) is 13.1 Å². The molecule has 5 nitrogen and oxygen atoms in total. The lowest BCUT2D eigenvalue weighted by molar-refractivity contribution is -0.130. The Morgan fingerprint density at radius 3 is 2.83 bits per heavy atom. The fraction of sp³-hybridized carbons (Fsp3) is 0.846. The van der Waals surface area contributed by atoms with Crippen LogP contribution in [0.5, 0.6) is 0 Å². The number of amides is 2. The molecule has 5 heteroatoms. The van der Waals surface area contributed by atoms with Crippen molar-refractivity contribution in [2.45, 2.75) is 45.6 Å². The minimum absolute atomic E-state index is 0.0619. The van der Waals surface area contributed by atoms with E-state index in [4.69, 9.17) is 5.73 Å². The van der Waals surface area contributed by atoms with Crippen LogP contribution >= 0.6 is 0 Å². The molecule has 1 heterocycles. The highest BCUT2D eigenvalue weighted by atomic mass is 16.2. The number of rotatable bonds is 6. The van der Waals surface area contributed by atoms with Gasteiger partial charge in [-0.15, -0.1) is 0 Å². The molecular weight excluding hydrogens is 230 g/mol. The number of nitrogens with one attached hydrogen (secondary N) is 2. The number of hydrogen-bond donors (Lipinski definition) is 3. The number of carbonyl (C=O) groups is 2. The predicted octanol–water partition coefficient (Wildman–Crippen LogP) is 0.392. The molecule has 2 unspecified atom stereocenters. The predicted molar refractivity (Wildman–Crippen MR) is 70.8 cm³/mol. The Balaban J connectivity index is 2.37. The molecule has 0 aromatic rings. The second-order valence-corrected chi connectivity index (χ2v) is 5.49. The van der Waals surface area contributed by atoms with Gasteiger partial charge >= 0.3 is 0 Å². The van der Waals surface area contributed by atoms with E-state index in [9.17, 15) is 9.59 Å². The van der Waals surface area contributed by atoms with Crippen molar-refractivity contribution in [2.24, 2.45) is 17.6 Å². The Morgan fingerprint density at radius 2 is 2.28 bits per heavy atom. The van der Waals surface area contributed by atoms with Gasteiger partial charge in [0.2, 0.25) is 11.8 Å². The lowest BCUT2D eigenvalue weighted by atomic mass is 9.93. The van der Waals surface area contributed by atoms with Gasteiger partial charge in [0.15, 0.2) is 0 Å². The Hall–Kier alpha value is -1.10. The van der Waals surface area contributed by atoms with Crippen LogP contribution in [0.15, 0.2) is 0 Å². The van der Waals surface area contributed by atoms with Gasteiger partial charge in [-0.25, -0.2) is 0 Å². The van der Waals surface area contributed by atoms with Crippen molar-refractivity contribution in [3.05, 3.63) is 0 Å². The number of piperidine rings is 1. The van der Waals surface area contributed by atoms with Crippen LogP contribution in [0.3, 0.4) is 0 Å². The molecule has 1 rings (SSSR count). The van der Waals surface area contributed by atoms with Crippen molar-refractivity contribution in [3.8, 4) is 0 Å². The van der Waals surface area contributed by atoms with E-state index in [1.54, 1.807) is 0 Å². The monoisotopic (exact) mass is 255 g/mol. The van der Waals surface area contributed by atoms with Gasteiger partial charge in [-0.05, 0) is 37.6 Å². The molecule has 0 aliphatic carbocycles. The van der Waals surface area contributed by atoms with Crippen molar-refractivity contribution < 1.29 is 9.59 Å². The smallest absolute Gasteiger partial charge is 0.242 e. The Kier molecular flexibility index (Phi) is 6.12. The molecule has 2 amide bonds. The summed E-state index contributed by atoms with van der Waals surface area (Å²) in [5, 5.41) is 5.56. The van der Waals surface area contributed by atoms with Crippen LogP contribution in [0.2, 0.25) is 0 Å². The number of hydrogen-bond acceptors (Lipinski definition) is 3. The molecular formula is C13H25N3O2. The summed E-state index contributed by atoms with van der Waals surface area (Å²) in [6.45, 7) is 5.47. The van der Waals surface area contributed by atoms with E-state index in [-0.39, 0.29) is 23.8 Å². The second kappa shape index (κ2) is 7.36. The van der Waals surface area contributed by atoms with E-state index in [0.29, 0.717) is 25.4 Å². The highest BCUT2D eigenvalue weighted by molar-refractivity contribution is 5.88. The molecule has 0 aromatic heterocycles. The lowest BCUT2D eigenvalue weighted by Gasteiger charge is -2.24. The maximum absolute atomic E-state index is 11.9. The Bertz CT molecular complexity index is 292. The highest BCUT2D eigenvalue weighted by Crippen LogP contribution is 2.14. The number of nitrogens with two attached hydrogens (primary N) is 1. The molecule has 0 aromatic carbocycles. The Labute approximate surface area is 109 Å². The van der Waals surface area contributed by atoms with Gasteiger partial charge in [-0.2, -0.15) is 0 Å². The molecule has 1 saturated heterocycles. The van der Waals surface area contributed by atoms with E-state index < -0.39 is 0 Å². The lowest BCUT2D eigenvalue weighted by Crippen LogP contribution is -2.50. The summed E-state index contributed by atoms with van der Waals surface area (Å²) < 4.78 is 0. The average molecular weight is 255 g/mol. The highest BCUT2D eigenvalue weighted by Gasteiger charge is 2.24. The molecule has 1 aliphatic rings. The molecule has 18 heavy (non-hydrogen) atoms. The SMILES string of the molecule is CC(C)CC(CN)CC(=O)NC1CCCNC1=O. The van der Waals surface area contributed by atoms with Crippen molar-refractivity contribution >= 4 is 11.8 Å². The van der Waals surface area contributed by atoms with E-state index in [1.807, 2.05) is 0 Å². The van der Waals surface area contributed by atoms with Gasteiger partial charge in [0.1, 0.15) is 6.04 Å². The summed E-state index contributed by atoms with van der Waals surface area (Å²) in [6, 6.07) is -0.358. The molecule has 104 valence electrons. The molecule has 1 aliphatic heterocycles. The van der Waals surface area contributed by atoms with Crippen molar-refractivity contribution in [3.63, 3.8) is 0 Å². The quantitative estimate of drug-likeness (QED) is 0.642. The fourth-order valence-electron chi connectivity index (χ4n) is 2.35. The Morgan fingerprint density at radius 1 is 1.56 bits per heavy atom. The first kappa shape index (κ1) is 15.0. The molecule has 0 radical (unpaired) electrons. The standard InChI is InChI=1S/C13H25N3O2/c1-9(2)6-10(8-14)7-12(17)16-11-4-3-5-15-13(11)18/h9-11H,3-8,14H2,1-2H3,(H,15,18)(H,16,17). The number of carbonyl (C=O) groups excluding carboxylic acids is 2. The average Bonchev–Trinajstić information content (AvgIpc) is 2.30. The summed E-state index contributed by atoms with van der Waals surface area (Å²) in [5.74, 6) is 0.608. The minimum atomic E-state index is -0.358. The zero-order valence-electron chi connectivity index (χ0n) is 11.4. The van der Waals surface area contributed by atoms with Crippen LogP contribution in [-0.4, -0.2) is 30.9 Å². The van der Waals surface area contributed by atoms with Crippen LogP contribution in [0.1, 0.15) is 39.5 Å². The van der Waals surface area contributed by atoms with Crippen LogP contribution in [0.4, 0.5) is 0 Å². The largest absolute Gasteiger partial charge is 0.354 e. The molecule has 0 spiro atoms. The minimum Gasteiger partial charge on any atom is -0.354 e. The van der Waals surface area contributed by atoms with Gasteiger partial charge in [-0.1, -0.05) is 13.8 Å². The van der Waals surface area contributed by atoms with E-state index >= 15 is 0 Å². The summed E-state index contributed by atoms with van der Waals surface area (Å²) in [4.78, 5) is 23.4. The van der Waals surface area contributed by atoms with Crippen LogP contribution in [0.25, 0.3) is 0 Å². The van der Waals surface area contributed by atoms with Gasteiger partial charge < -0.3 is 16.4 Å². The summed E-state index contributed by atoms with van der Waals surface area (Å²) in [5.41, 5.74) is 5.67. The second-order valence-electron chi connectivity index (χ2n) is 5.49. The van der Waals surface area contributed by atoms with Crippen LogP contribution < -0.4 is 16.4 Å². The van der Waals surface area contributed by atoms with Crippen LogP contribution in [-0.2, 0) is 9.59 Å². The fourth-order valence-corrected chi connectivity index (χ4v) is 2.35. The zero-order chi connectivity index (χ0) is 13.5. The molecule has 0 bridgehead atoms. The zero-order valence-corrected chi connectivity index (χ0v) is 11.4. The van der Waals surface area contributed by atoms with Gasteiger partial charge in [0.25, 0.3) is 0 Å². The third-order valence-corrected chi connectivity index (χ3v) is 3.23. The molecule has 1 fully saturated rings. The third kappa shape index (κ3) is 5.04. The molecule has 4 N–H and O–H groups in total. The maximum atomic E-state index is 11.9. The van der Waals surface area contributed by atoms with Crippen molar-refractivity contribution in [1.82, 2.24) is 10.6 Å². The first-order valence-electron chi connectivity index (χ1n) is 6.80. The molecule has 2 atom stereocenters. The summed E-state index contributed by atoms with van der Waals surface area (Å²) in [7, 11) is 0. The van der Waals surface area contributed by atoms with Gasteiger partial charge in [0, 0.05) is 13.0 Å². The summed E-state index contributed by atoms with van der Waals surface area (Å²) in [6.07, 6.45) is 3.01. The molecule has 0 saturated carbocycles. The van der Waals surface area contributed by atoms with Crippen molar-refractivity contribution in [1.29, 1.82) is 0 Å². The van der Waals surface area contributed by atoms with Gasteiger partial charge in [0.05, 0.1) is 0 Å². The van der Waals surface area contributed by atoms with Gasteiger partial charge in [-0.3, -0.25) is 9.59 Å². The van der Waals surface area contributed by atoms with E-state index in [0.717, 1.165) is 19.3 Å². The van der Waals surface area contributed by atoms with Crippen LogP contribution in [0, 0.1) is 11.8 Å². The first-order chi connectivity index (χ1) is 8.52. The topological polar surface area (TPSA) is 84.2 Å². The third-order valence-electron chi connectivity index (χ3n) is 3.23. The van der Waals surface area contributed by atoms with E-state index in [2.05, 4.69) is 24.5 Å². The normalized spacial score (nSPS) is 21.6. The first-order valence-corrected chi connectivity index (χ1v) is 6.80. The maximum Gasteiger partial charge on any atom is 0.242 e.